The van der Waals surface area contributed by atoms with Crippen molar-refractivity contribution in [1.29, 1.82) is 0 Å². The second-order valence-electron chi connectivity index (χ2n) is 11.0. The van der Waals surface area contributed by atoms with Crippen LogP contribution in [0.4, 0.5) is 0 Å². The number of benzene rings is 1. The van der Waals surface area contributed by atoms with Crippen LogP contribution in [0.5, 0.6) is 0 Å². The first-order chi connectivity index (χ1) is 14.8. The standard InChI is InChI=1S/C27H39NO3/c1-26(2)13-12-21-22(16-28-25(31)18-7-5-4-6-8-18)24(10-9-23(21)26)27(3)14-11-20(30)15-19(27)17-29/h4-8,19-20,22,24,29-30H,9-17H2,1-3H3,(H,28,31)/t19-,20+,22+,24+,27-/m1/s1. The number of hydrogen-bond acceptors (Lipinski definition) is 3. The number of aliphatic hydroxyl groups excluding tert-OH is 2. The van der Waals surface area contributed by atoms with Gasteiger partial charge in [0.25, 0.3) is 5.91 Å². The Bertz CT molecular complexity index is 830. The number of rotatable bonds is 5. The number of carbonyl (C=O) groups is 1. The van der Waals surface area contributed by atoms with Gasteiger partial charge in [-0.3, -0.25) is 4.79 Å². The third-order valence-corrected chi connectivity index (χ3v) is 8.95. The van der Waals surface area contributed by atoms with Crippen molar-refractivity contribution in [2.24, 2.45) is 28.6 Å². The minimum Gasteiger partial charge on any atom is -0.396 e. The zero-order valence-electron chi connectivity index (χ0n) is 19.4. The van der Waals surface area contributed by atoms with Crippen LogP contribution in [0.1, 0.15) is 76.1 Å². The van der Waals surface area contributed by atoms with Crippen LogP contribution in [0.2, 0.25) is 0 Å². The summed E-state index contributed by atoms with van der Waals surface area (Å²) in [5.74, 6) is 0.839. The van der Waals surface area contributed by atoms with E-state index in [4.69, 9.17) is 0 Å². The fraction of sp³-hybridized carbons (Fsp3) is 0.667. The maximum Gasteiger partial charge on any atom is 0.251 e. The molecule has 4 rings (SSSR count). The van der Waals surface area contributed by atoms with Gasteiger partial charge in [-0.05, 0) is 79.7 Å². The van der Waals surface area contributed by atoms with Gasteiger partial charge in [0.05, 0.1) is 6.10 Å². The molecule has 3 aliphatic carbocycles. The van der Waals surface area contributed by atoms with Crippen molar-refractivity contribution in [1.82, 2.24) is 5.32 Å². The highest BCUT2D eigenvalue weighted by molar-refractivity contribution is 5.94. The van der Waals surface area contributed by atoms with Crippen LogP contribution in [0.25, 0.3) is 0 Å². The van der Waals surface area contributed by atoms with Crippen molar-refractivity contribution in [2.45, 2.75) is 71.8 Å². The van der Waals surface area contributed by atoms with Crippen LogP contribution in [0, 0.1) is 28.6 Å². The Kier molecular flexibility index (Phi) is 6.33. The molecule has 4 nitrogen and oxygen atoms in total. The monoisotopic (exact) mass is 425 g/mol. The number of allylic oxidation sites excluding steroid dienone is 1. The zero-order chi connectivity index (χ0) is 22.2. The van der Waals surface area contributed by atoms with Gasteiger partial charge in [-0.1, -0.05) is 50.1 Å². The van der Waals surface area contributed by atoms with E-state index in [-0.39, 0.29) is 35.4 Å². The van der Waals surface area contributed by atoms with E-state index in [2.05, 4.69) is 26.1 Å². The minimum atomic E-state index is -0.301. The SMILES string of the molecule is CC1(C)CCC2=C1CC[C@H]([C@]1(C)CC[C@H](O)C[C@@H]1CO)[C@H]2CNC(=O)c1ccccc1. The summed E-state index contributed by atoms with van der Waals surface area (Å²) in [4.78, 5) is 12.8. The summed E-state index contributed by atoms with van der Waals surface area (Å²) in [6.45, 7) is 7.85. The topological polar surface area (TPSA) is 69.6 Å². The lowest BCUT2D eigenvalue weighted by atomic mass is 9.53. The lowest BCUT2D eigenvalue weighted by Crippen LogP contribution is -2.49. The van der Waals surface area contributed by atoms with Gasteiger partial charge in [-0.2, -0.15) is 0 Å². The molecule has 0 bridgehead atoms. The Hall–Kier alpha value is -1.65. The minimum absolute atomic E-state index is 0.00717. The Morgan fingerprint density at radius 3 is 2.55 bits per heavy atom. The highest BCUT2D eigenvalue weighted by Gasteiger charge is 2.51. The molecule has 4 heteroatoms. The van der Waals surface area contributed by atoms with Gasteiger partial charge >= 0.3 is 0 Å². The van der Waals surface area contributed by atoms with E-state index in [1.165, 1.54) is 6.42 Å². The van der Waals surface area contributed by atoms with E-state index in [1.54, 1.807) is 11.1 Å². The van der Waals surface area contributed by atoms with Gasteiger partial charge in [-0.15, -0.1) is 0 Å². The smallest absolute Gasteiger partial charge is 0.251 e. The molecule has 5 atom stereocenters. The Morgan fingerprint density at radius 2 is 1.84 bits per heavy atom. The molecule has 0 heterocycles. The first kappa shape index (κ1) is 22.5. The largest absolute Gasteiger partial charge is 0.396 e. The molecule has 0 saturated heterocycles. The lowest BCUT2D eigenvalue weighted by Gasteiger charge is -2.52. The molecule has 1 aromatic carbocycles. The Balaban J connectivity index is 1.62. The van der Waals surface area contributed by atoms with Crippen LogP contribution in [0.3, 0.4) is 0 Å². The van der Waals surface area contributed by atoms with E-state index in [0.717, 1.165) is 32.1 Å². The number of aliphatic hydroxyl groups is 2. The molecule has 0 unspecified atom stereocenters. The van der Waals surface area contributed by atoms with Gasteiger partial charge in [-0.25, -0.2) is 0 Å². The van der Waals surface area contributed by atoms with Gasteiger partial charge < -0.3 is 15.5 Å². The number of hydrogen-bond donors (Lipinski definition) is 3. The third kappa shape index (κ3) is 4.21. The molecule has 1 amide bonds. The molecule has 0 aliphatic heterocycles. The molecular formula is C27H39NO3. The summed E-state index contributed by atoms with van der Waals surface area (Å²) in [5, 5.41) is 23.7. The fourth-order valence-electron chi connectivity index (χ4n) is 6.95. The van der Waals surface area contributed by atoms with E-state index >= 15 is 0 Å². The van der Waals surface area contributed by atoms with Gasteiger partial charge in [0.1, 0.15) is 0 Å². The molecule has 3 aliphatic rings. The first-order valence-electron chi connectivity index (χ1n) is 12.1. The van der Waals surface area contributed by atoms with Gasteiger partial charge in [0.2, 0.25) is 0 Å². The molecule has 1 saturated carbocycles. The normalized spacial score (nSPS) is 35.0. The maximum atomic E-state index is 12.8. The average Bonchev–Trinajstić information content (AvgIpc) is 3.09. The Labute approximate surface area is 187 Å². The second kappa shape index (κ2) is 8.71. The number of carbonyl (C=O) groups excluding carboxylic acids is 1. The fourth-order valence-corrected chi connectivity index (χ4v) is 6.95. The molecule has 1 fully saturated rings. The molecule has 1 aromatic rings. The molecule has 3 N–H and O–H groups in total. The van der Waals surface area contributed by atoms with Crippen molar-refractivity contribution < 1.29 is 15.0 Å². The highest BCUT2D eigenvalue weighted by atomic mass is 16.3. The van der Waals surface area contributed by atoms with E-state index in [1.807, 2.05) is 30.3 Å². The summed E-state index contributed by atoms with van der Waals surface area (Å²) in [6, 6.07) is 9.46. The summed E-state index contributed by atoms with van der Waals surface area (Å²) in [7, 11) is 0. The van der Waals surface area contributed by atoms with E-state index in [0.29, 0.717) is 30.4 Å². The van der Waals surface area contributed by atoms with E-state index in [9.17, 15) is 15.0 Å². The number of amides is 1. The predicted molar refractivity (Wildman–Crippen MR) is 124 cm³/mol. The van der Waals surface area contributed by atoms with Crippen LogP contribution in [-0.2, 0) is 0 Å². The maximum absolute atomic E-state index is 12.8. The second-order valence-corrected chi connectivity index (χ2v) is 11.0. The summed E-state index contributed by atoms with van der Waals surface area (Å²) >= 11 is 0. The average molecular weight is 426 g/mol. The molecular weight excluding hydrogens is 386 g/mol. The van der Waals surface area contributed by atoms with Crippen molar-refractivity contribution in [3.8, 4) is 0 Å². The third-order valence-electron chi connectivity index (χ3n) is 8.95. The van der Waals surface area contributed by atoms with Crippen molar-refractivity contribution in [3.63, 3.8) is 0 Å². The lowest BCUT2D eigenvalue weighted by molar-refractivity contribution is -0.0581. The quantitative estimate of drug-likeness (QED) is 0.598. The molecule has 0 aromatic heterocycles. The van der Waals surface area contributed by atoms with Crippen molar-refractivity contribution >= 4 is 5.91 Å². The molecule has 31 heavy (non-hydrogen) atoms. The van der Waals surface area contributed by atoms with Crippen molar-refractivity contribution in [2.75, 3.05) is 13.2 Å². The van der Waals surface area contributed by atoms with Crippen LogP contribution in [0.15, 0.2) is 41.5 Å². The molecule has 0 spiro atoms. The van der Waals surface area contributed by atoms with Crippen LogP contribution < -0.4 is 5.32 Å². The summed E-state index contributed by atoms with van der Waals surface area (Å²) in [5.41, 5.74) is 4.13. The zero-order valence-corrected chi connectivity index (χ0v) is 19.4. The molecule has 170 valence electrons. The first-order valence-corrected chi connectivity index (χ1v) is 12.1. The predicted octanol–water partition coefficient (Wildman–Crippen LogP) is 4.72. The highest BCUT2D eigenvalue weighted by Crippen LogP contribution is 2.59. The van der Waals surface area contributed by atoms with E-state index < -0.39 is 0 Å². The molecule has 0 radical (unpaired) electrons. The summed E-state index contributed by atoms with van der Waals surface area (Å²) < 4.78 is 0. The van der Waals surface area contributed by atoms with Crippen LogP contribution in [-0.4, -0.2) is 35.4 Å². The van der Waals surface area contributed by atoms with Gasteiger partial charge in [0, 0.05) is 24.6 Å². The van der Waals surface area contributed by atoms with Crippen LogP contribution >= 0.6 is 0 Å². The van der Waals surface area contributed by atoms with Gasteiger partial charge in [0.15, 0.2) is 0 Å². The number of nitrogens with one attached hydrogen (secondary N) is 1. The van der Waals surface area contributed by atoms with Crippen molar-refractivity contribution in [3.05, 3.63) is 47.0 Å². The summed E-state index contributed by atoms with van der Waals surface area (Å²) in [6.07, 6.45) is 6.68. The Morgan fingerprint density at radius 1 is 1.10 bits per heavy atom.